The second kappa shape index (κ2) is 17.9. The van der Waals surface area contributed by atoms with E-state index in [2.05, 4.69) is 20.9 Å². The summed E-state index contributed by atoms with van der Waals surface area (Å²) >= 11 is 0. The first-order valence-electron chi connectivity index (χ1n) is 12.2. The van der Waals surface area contributed by atoms with Crippen molar-refractivity contribution < 1.29 is 34.2 Å². The van der Waals surface area contributed by atoms with Crippen molar-refractivity contribution in [1.29, 1.82) is 0 Å². The predicted molar refractivity (Wildman–Crippen MR) is 136 cm³/mol. The molecule has 15 nitrogen and oxygen atoms in total. The molecule has 37 heavy (non-hydrogen) atoms. The topological polar surface area (TPSA) is 278 Å². The minimum Gasteiger partial charge on any atom is -0.481 e. The first-order valence-corrected chi connectivity index (χ1v) is 12.2. The molecule has 5 atom stereocenters. The van der Waals surface area contributed by atoms with E-state index in [0.29, 0.717) is 25.8 Å². The van der Waals surface area contributed by atoms with Gasteiger partial charge in [0.2, 0.25) is 17.7 Å². The summed E-state index contributed by atoms with van der Waals surface area (Å²) in [6.45, 7) is 4.13. The van der Waals surface area contributed by atoms with E-state index >= 15 is 0 Å². The molecule has 0 fully saturated rings. The molecule has 0 aliphatic heterocycles. The van der Waals surface area contributed by atoms with Gasteiger partial charge in [-0.05, 0) is 44.6 Å². The molecule has 0 aliphatic rings. The van der Waals surface area contributed by atoms with Crippen molar-refractivity contribution in [2.24, 2.45) is 33.8 Å². The molecule has 0 saturated heterocycles. The molecule has 5 unspecified atom stereocenters. The highest BCUT2D eigenvalue weighted by atomic mass is 16.4. The summed E-state index contributed by atoms with van der Waals surface area (Å²) in [5.74, 6) is -5.47. The van der Waals surface area contributed by atoms with Crippen LogP contribution >= 0.6 is 0 Å². The number of aliphatic carboxylic acids is 2. The number of nitrogens with two attached hydrogens (primary N) is 4. The number of aliphatic imine (C=N–C) groups is 1. The third kappa shape index (κ3) is 14.0. The number of carbonyl (C=O) groups is 5. The van der Waals surface area contributed by atoms with Crippen LogP contribution in [0.15, 0.2) is 4.99 Å². The number of nitrogens with one attached hydrogen (secondary N) is 3. The minimum absolute atomic E-state index is 0.0554. The number of carboxylic acids is 2. The molecule has 0 saturated carbocycles. The number of hydrogen-bond donors (Lipinski definition) is 9. The Kier molecular flexibility index (Phi) is 16.2. The van der Waals surface area contributed by atoms with Crippen LogP contribution < -0.4 is 38.9 Å². The quantitative estimate of drug-likeness (QED) is 0.0480. The van der Waals surface area contributed by atoms with Gasteiger partial charge >= 0.3 is 11.9 Å². The van der Waals surface area contributed by atoms with Crippen LogP contribution in [0.2, 0.25) is 0 Å². The number of rotatable bonds is 19. The van der Waals surface area contributed by atoms with Gasteiger partial charge in [-0.3, -0.25) is 24.2 Å². The first kappa shape index (κ1) is 33.5. The Morgan fingerprint density at radius 2 is 1.38 bits per heavy atom. The number of unbranched alkanes of at least 4 members (excludes halogenated alkanes) is 1. The van der Waals surface area contributed by atoms with Crippen LogP contribution in [-0.2, 0) is 24.0 Å². The molecule has 0 heterocycles. The lowest BCUT2D eigenvalue weighted by Gasteiger charge is -2.25. The minimum atomic E-state index is -1.60. The largest absolute Gasteiger partial charge is 0.481 e. The van der Waals surface area contributed by atoms with E-state index in [4.69, 9.17) is 22.9 Å². The van der Waals surface area contributed by atoms with Gasteiger partial charge in [0, 0.05) is 6.54 Å². The average Bonchev–Trinajstić information content (AvgIpc) is 2.82. The molecule has 0 radical (unpaired) electrons. The van der Waals surface area contributed by atoms with Gasteiger partial charge in [-0.1, -0.05) is 20.3 Å². The Hall–Kier alpha value is -3.46. The molecular weight excluding hydrogens is 488 g/mol. The van der Waals surface area contributed by atoms with Crippen LogP contribution in [0.3, 0.4) is 0 Å². The van der Waals surface area contributed by atoms with Gasteiger partial charge in [0.1, 0.15) is 18.1 Å². The van der Waals surface area contributed by atoms with E-state index in [1.54, 1.807) is 6.92 Å². The smallest absolute Gasteiger partial charge is 0.326 e. The molecule has 0 rings (SSSR count). The summed E-state index contributed by atoms with van der Waals surface area (Å²) in [6, 6.07) is -4.97. The van der Waals surface area contributed by atoms with Gasteiger partial charge in [0.05, 0.1) is 12.5 Å². The van der Waals surface area contributed by atoms with Crippen LogP contribution in [0.5, 0.6) is 0 Å². The average molecular weight is 531 g/mol. The second-order valence-electron chi connectivity index (χ2n) is 8.76. The molecule has 0 spiro atoms. The summed E-state index contributed by atoms with van der Waals surface area (Å²) in [4.78, 5) is 65.1. The maximum atomic E-state index is 13.0. The SMILES string of the molecule is CCC(C)C(N)C(=O)NC(CCCN=C(N)N)C(=O)NC(CC(=O)O)C(=O)NC(CCCCN)C(=O)O. The van der Waals surface area contributed by atoms with Crippen LogP contribution in [0.1, 0.15) is 58.8 Å². The van der Waals surface area contributed by atoms with E-state index in [0.717, 1.165) is 0 Å². The van der Waals surface area contributed by atoms with Gasteiger partial charge in [0.15, 0.2) is 5.96 Å². The highest BCUT2D eigenvalue weighted by Gasteiger charge is 2.32. The number of hydrogen-bond acceptors (Lipinski definition) is 8. The number of amides is 3. The van der Waals surface area contributed by atoms with Crippen molar-refractivity contribution in [3.63, 3.8) is 0 Å². The molecule has 0 aromatic carbocycles. The van der Waals surface area contributed by atoms with E-state index in [1.165, 1.54) is 0 Å². The molecule has 15 heteroatoms. The number of nitrogens with zero attached hydrogens (tertiary/aromatic N) is 1. The maximum Gasteiger partial charge on any atom is 0.326 e. The summed E-state index contributed by atoms with van der Waals surface area (Å²) < 4.78 is 0. The molecule has 0 aromatic rings. The fraction of sp³-hybridized carbons (Fsp3) is 0.727. The summed E-state index contributed by atoms with van der Waals surface area (Å²) in [6.07, 6.45) is 1.16. The predicted octanol–water partition coefficient (Wildman–Crippen LogP) is -2.44. The monoisotopic (exact) mass is 530 g/mol. The van der Waals surface area contributed by atoms with Crippen molar-refractivity contribution in [2.75, 3.05) is 13.1 Å². The van der Waals surface area contributed by atoms with E-state index in [1.807, 2.05) is 6.92 Å². The van der Waals surface area contributed by atoms with Gasteiger partial charge in [0.25, 0.3) is 0 Å². The Balaban J connectivity index is 5.63. The summed E-state index contributed by atoms with van der Waals surface area (Å²) in [5.41, 5.74) is 22.0. The zero-order valence-corrected chi connectivity index (χ0v) is 21.4. The molecule has 0 bridgehead atoms. The van der Waals surface area contributed by atoms with Crippen molar-refractivity contribution in [1.82, 2.24) is 16.0 Å². The van der Waals surface area contributed by atoms with Crippen LogP contribution in [0.4, 0.5) is 0 Å². The van der Waals surface area contributed by atoms with Crippen molar-refractivity contribution >= 4 is 35.6 Å². The number of carbonyl (C=O) groups excluding carboxylic acids is 3. The molecular formula is C22H42N8O7. The second-order valence-corrected chi connectivity index (χ2v) is 8.76. The number of carboxylic acid groups (broad SMARTS) is 2. The maximum absolute atomic E-state index is 13.0. The third-order valence-electron chi connectivity index (χ3n) is 5.71. The molecule has 0 aromatic heterocycles. The van der Waals surface area contributed by atoms with Gasteiger partial charge in [-0.25, -0.2) is 4.79 Å². The van der Waals surface area contributed by atoms with Crippen molar-refractivity contribution in [3.05, 3.63) is 0 Å². The van der Waals surface area contributed by atoms with Crippen molar-refractivity contribution in [3.8, 4) is 0 Å². The van der Waals surface area contributed by atoms with Crippen LogP contribution in [0, 0.1) is 5.92 Å². The molecule has 0 aliphatic carbocycles. The lowest BCUT2D eigenvalue weighted by atomic mass is 9.98. The fourth-order valence-electron chi connectivity index (χ4n) is 3.23. The first-order chi connectivity index (χ1) is 17.3. The highest BCUT2D eigenvalue weighted by Crippen LogP contribution is 2.08. The van der Waals surface area contributed by atoms with Crippen LogP contribution in [0.25, 0.3) is 0 Å². The summed E-state index contributed by atoms with van der Waals surface area (Å²) in [7, 11) is 0. The zero-order chi connectivity index (χ0) is 28.5. The summed E-state index contributed by atoms with van der Waals surface area (Å²) in [5, 5.41) is 25.8. The highest BCUT2D eigenvalue weighted by molar-refractivity contribution is 5.95. The van der Waals surface area contributed by atoms with E-state index < -0.39 is 60.2 Å². The number of guanidine groups is 1. The van der Waals surface area contributed by atoms with E-state index in [9.17, 15) is 34.2 Å². The molecule has 212 valence electrons. The van der Waals surface area contributed by atoms with Crippen molar-refractivity contribution in [2.45, 2.75) is 83.0 Å². The van der Waals surface area contributed by atoms with E-state index in [-0.39, 0.29) is 37.7 Å². The fourth-order valence-corrected chi connectivity index (χ4v) is 3.23. The van der Waals surface area contributed by atoms with Gasteiger partial charge in [-0.15, -0.1) is 0 Å². The Bertz CT molecular complexity index is 804. The standard InChI is InChI=1S/C22H42N8O7/c1-3-12(2)17(24)20(35)28-13(8-6-10-27-22(25)26)18(33)30-15(11-16(31)32)19(34)29-14(21(36)37)7-4-5-9-23/h12-15,17H,3-11,23-24H2,1-2H3,(H,28,35)(H,29,34)(H,30,33)(H,31,32)(H,36,37)(H4,25,26,27). The Labute approximate surface area is 216 Å². The Morgan fingerprint density at radius 3 is 1.89 bits per heavy atom. The normalized spacial score (nSPS) is 14.8. The third-order valence-corrected chi connectivity index (χ3v) is 5.71. The Morgan fingerprint density at radius 1 is 0.838 bits per heavy atom. The molecule has 13 N–H and O–H groups in total. The lowest BCUT2D eigenvalue weighted by Crippen LogP contribution is -2.58. The zero-order valence-electron chi connectivity index (χ0n) is 21.4. The lowest BCUT2D eigenvalue weighted by molar-refractivity contribution is -0.143. The molecule has 3 amide bonds. The van der Waals surface area contributed by atoms with Gasteiger partial charge in [-0.2, -0.15) is 0 Å². The van der Waals surface area contributed by atoms with Gasteiger partial charge < -0.3 is 49.1 Å². The van der Waals surface area contributed by atoms with Crippen LogP contribution in [-0.4, -0.2) is 83.1 Å².